The van der Waals surface area contributed by atoms with E-state index in [-0.39, 0.29) is 5.37 Å². The molecular formula is C17H18N2O2S3. The van der Waals surface area contributed by atoms with Crippen LogP contribution in [0.25, 0.3) is 0 Å². The summed E-state index contributed by atoms with van der Waals surface area (Å²) in [6.45, 7) is 3.92. The number of carbonyl (C=O) groups is 1. The second-order valence-corrected chi connectivity index (χ2v) is 9.13. The van der Waals surface area contributed by atoms with Crippen LogP contribution in [0.5, 0.6) is 0 Å². The van der Waals surface area contributed by atoms with Crippen LogP contribution < -0.4 is 5.32 Å². The van der Waals surface area contributed by atoms with Gasteiger partial charge in [0.1, 0.15) is 11.4 Å². The number of thioether (sulfide) groups is 1. The molecule has 0 amide bonds. The fraction of sp³-hybridized carbons (Fsp3) is 0.294. The highest BCUT2D eigenvalue weighted by Gasteiger charge is 2.53. The molecule has 2 heterocycles. The number of thiocarbonyl (C=S) groups is 1. The van der Waals surface area contributed by atoms with Crippen LogP contribution in [0.2, 0.25) is 0 Å². The van der Waals surface area contributed by atoms with Gasteiger partial charge in [0.15, 0.2) is 5.11 Å². The second kappa shape index (κ2) is 6.74. The van der Waals surface area contributed by atoms with E-state index in [1.807, 2.05) is 66.6 Å². The number of anilines is 1. The molecule has 1 aromatic carbocycles. The van der Waals surface area contributed by atoms with Crippen molar-refractivity contribution in [2.45, 2.75) is 30.0 Å². The molecule has 1 saturated heterocycles. The number of carboxylic acids is 1. The Bertz CT molecular complexity index is 732. The Morgan fingerprint density at radius 1 is 1.25 bits per heavy atom. The number of nitrogens with one attached hydrogen (secondary N) is 1. The Morgan fingerprint density at radius 3 is 2.54 bits per heavy atom. The molecule has 3 rings (SSSR count). The molecule has 0 saturated carbocycles. The number of benzene rings is 1. The molecule has 7 heteroatoms. The van der Waals surface area contributed by atoms with Crippen molar-refractivity contribution >= 4 is 52.1 Å². The first-order valence-electron chi connectivity index (χ1n) is 7.48. The van der Waals surface area contributed by atoms with Crippen LogP contribution in [0.15, 0.2) is 47.8 Å². The Kier molecular flexibility index (Phi) is 4.85. The van der Waals surface area contributed by atoms with E-state index in [1.54, 1.807) is 23.1 Å². The highest BCUT2D eigenvalue weighted by molar-refractivity contribution is 8.01. The van der Waals surface area contributed by atoms with Crippen LogP contribution in [0.4, 0.5) is 5.69 Å². The number of nitrogens with zero attached hydrogens (tertiary/aromatic N) is 1. The van der Waals surface area contributed by atoms with Gasteiger partial charge in [-0.1, -0.05) is 24.3 Å². The van der Waals surface area contributed by atoms with E-state index in [1.165, 1.54) is 0 Å². The molecule has 2 aromatic rings. The highest BCUT2D eigenvalue weighted by atomic mass is 32.2. The third-order valence-electron chi connectivity index (χ3n) is 3.88. The molecule has 2 N–H and O–H groups in total. The van der Waals surface area contributed by atoms with Gasteiger partial charge in [-0.25, -0.2) is 4.79 Å². The first-order valence-corrected chi connectivity index (χ1v) is 9.65. The van der Waals surface area contributed by atoms with Crippen LogP contribution in [0.1, 0.15) is 24.1 Å². The van der Waals surface area contributed by atoms with E-state index < -0.39 is 16.8 Å². The predicted molar refractivity (Wildman–Crippen MR) is 105 cm³/mol. The number of hydrogen-bond donors (Lipinski definition) is 2. The van der Waals surface area contributed by atoms with E-state index >= 15 is 0 Å². The SMILES string of the molecule is CC1(C)S[C@@H](c2cccs2)N(C(=S)Nc2ccccc2)[C@H]1C(=O)O. The molecule has 0 aliphatic carbocycles. The van der Waals surface area contributed by atoms with Gasteiger partial charge in [0.2, 0.25) is 0 Å². The molecule has 4 nitrogen and oxygen atoms in total. The Hall–Kier alpha value is -1.57. The molecule has 1 aromatic heterocycles. The zero-order valence-corrected chi connectivity index (χ0v) is 15.8. The molecule has 2 atom stereocenters. The van der Waals surface area contributed by atoms with Crippen molar-refractivity contribution in [2.75, 3.05) is 5.32 Å². The molecule has 1 aliphatic rings. The van der Waals surface area contributed by atoms with Crippen LogP contribution in [0, 0.1) is 0 Å². The Morgan fingerprint density at radius 2 is 1.96 bits per heavy atom. The Labute approximate surface area is 154 Å². The third-order valence-corrected chi connectivity index (χ3v) is 6.81. The number of para-hydroxylation sites is 1. The van der Waals surface area contributed by atoms with Crippen molar-refractivity contribution in [1.29, 1.82) is 0 Å². The van der Waals surface area contributed by atoms with Crippen LogP contribution >= 0.6 is 35.3 Å². The van der Waals surface area contributed by atoms with Crippen LogP contribution in [-0.4, -0.2) is 31.9 Å². The van der Waals surface area contributed by atoms with Crippen molar-refractivity contribution in [2.24, 2.45) is 0 Å². The van der Waals surface area contributed by atoms with Crippen molar-refractivity contribution in [3.05, 3.63) is 52.7 Å². The maximum absolute atomic E-state index is 12.0. The lowest BCUT2D eigenvalue weighted by Crippen LogP contribution is -2.50. The van der Waals surface area contributed by atoms with Gasteiger partial charge in [-0.2, -0.15) is 0 Å². The molecular weight excluding hydrogens is 360 g/mol. The first-order chi connectivity index (χ1) is 11.4. The van der Waals surface area contributed by atoms with Crippen molar-refractivity contribution in [3.8, 4) is 0 Å². The van der Waals surface area contributed by atoms with Crippen molar-refractivity contribution in [1.82, 2.24) is 4.90 Å². The summed E-state index contributed by atoms with van der Waals surface area (Å²) in [6, 6.07) is 12.9. The number of carboxylic acid groups (broad SMARTS) is 1. The molecule has 0 spiro atoms. The van der Waals surface area contributed by atoms with Crippen LogP contribution in [0.3, 0.4) is 0 Å². The first kappa shape index (κ1) is 17.3. The Balaban J connectivity index is 1.95. The van der Waals surface area contributed by atoms with Crippen molar-refractivity contribution in [3.63, 3.8) is 0 Å². The van der Waals surface area contributed by atoms with Gasteiger partial charge in [-0.3, -0.25) is 0 Å². The molecule has 0 bridgehead atoms. The topological polar surface area (TPSA) is 52.6 Å². The minimum atomic E-state index is -0.858. The summed E-state index contributed by atoms with van der Waals surface area (Å²) in [5.74, 6) is -0.858. The number of hydrogen-bond acceptors (Lipinski definition) is 4. The average Bonchev–Trinajstić information content (AvgIpc) is 3.13. The number of thiophene rings is 1. The summed E-state index contributed by atoms with van der Waals surface area (Å²) in [4.78, 5) is 14.9. The normalized spacial score (nSPS) is 22.3. The van der Waals surface area contributed by atoms with Gasteiger partial charge >= 0.3 is 5.97 Å². The summed E-state index contributed by atoms with van der Waals surface area (Å²) in [5.41, 5.74) is 0.853. The minimum Gasteiger partial charge on any atom is -0.480 e. The summed E-state index contributed by atoms with van der Waals surface area (Å²) in [7, 11) is 0. The molecule has 0 radical (unpaired) electrons. The fourth-order valence-electron chi connectivity index (χ4n) is 2.86. The fourth-order valence-corrected chi connectivity index (χ4v) is 5.72. The maximum Gasteiger partial charge on any atom is 0.327 e. The molecule has 1 aliphatic heterocycles. The van der Waals surface area contributed by atoms with Gasteiger partial charge in [0.05, 0.1) is 0 Å². The summed E-state index contributed by atoms with van der Waals surface area (Å²) in [5, 5.41) is 15.3. The van der Waals surface area contributed by atoms with Gasteiger partial charge in [0.25, 0.3) is 0 Å². The standard InChI is InChI=1S/C17H18N2O2S3/c1-17(2)13(15(20)21)19(14(24-17)12-9-6-10-23-12)16(22)18-11-7-4-3-5-8-11/h3-10,13-14H,1-2H3,(H,18,22)(H,20,21)/t13-,14-/m0/s1. The zero-order valence-electron chi connectivity index (χ0n) is 13.3. The third kappa shape index (κ3) is 3.29. The summed E-state index contributed by atoms with van der Waals surface area (Å²) in [6.07, 6.45) is 0. The lowest BCUT2D eigenvalue weighted by atomic mass is 10.0. The predicted octanol–water partition coefficient (Wildman–Crippen LogP) is 4.42. The lowest BCUT2D eigenvalue weighted by Gasteiger charge is -2.31. The molecule has 24 heavy (non-hydrogen) atoms. The van der Waals surface area contributed by atoms with Gasteiger partial charge in [-0.05, 0) is 49.6 Å². The molecule has 1 fully saturated rings. The van der Waals surface area contributed by atoms with E-state index in [0.29, 0.717) is 5.11 Å². The molecule has 0 unspecified atom stereocenters. The average molecular weight is 379 g/mol. The largest absolute Gasteiger partial charge is 0.480 e. The van der Waals surface area contributed by atoms with Crippen LogP contribution in [-0.2, 0) is 4.79 Å². The monoisotopic (exact) mass is 378 g/mol. The van der Waals surface area contributed by atoms with Gasteiger partial charge in [-0.15, -0.1) is 23.1 Å². The highest BCUT2D eigenvalue weighted by Crippen LogP contribution is 2.53. The maximum atomic E-state index is 12.0. The smallest absolute Gasteiger partial charge is 0.327 e. The number of aliphatic carboxylic acids is 1. The second-order valence-electron chi connectivity index (χ2n) is 6.03. The van der Waals surface area contributed by atoms with E-state index in [2.05, 4.69) is 5.32 Å². The van der Waals surface area contributed by atoms with E-state index in [0.717, 1.165) is 10.6 Å². The van der Waals surface area contributed by atoms with Gasteiger partial charge in [0, 0.05) is 15.3 Å². The quantitative estimate of drug-likeness (QED) is 0.771. The van der Waals surface area contributed by atoms with Crippen molar-refractivity contribution < 1.29 is 9.90 Å². The van der Waals surface area contributed by atoms with Gasteiger partial charge < -0.3 is 15.3 Å². The lowest BCUT2D eigenvalue weighted by molar-refractivity contribution is -0.142. The van der Waals surface area contributed by atoms with E-state index in [4.69, 9.17) is 12.2 Å². The minimum absolute atomic E-state index is 0.107. The summed E-state index contributed by atoms with van der Waals surface area (Å²) >= 11 is 8.84. The summed E-state index contributed by atoms with van der Waals surface area (Å²) < 4.78 is -0.455. The van der Waals surface area contributed by atoms with E-state index in [9.17, 15) is 9.90 Å². The number of rotatable bonds is 3. The zero-order chi connectivity index (χ0) is 17.3. The molecule has 126 valence electrons.